The van der Waals surface area contributed by atoms with E-state index in [0.717, 1.165) is 24.0 Å². The first kappa shape index (κ1) is 30.8. The zero-order valence-electron chi connectivity index (χ0n) is 23.5. The molecule has 1 unspecified atom stereocenters. The van der Waals surface area contributed by atoms with Gasteiger partial charge in [0.15, 0.2) is 5.84 Å². The van der Waals surface area contributed by atoms with Crippen LogP contribution in [0.2, 0.25) is 0 Å². The molecule has 0 aliphatic carbocycles. The molecule has 40 heavy (non-hydrogen) atoms. The maximum atomic E-state index is 14.9. The van der Waals surface area contributed by atoms with Gasteiger partial charge in [0.1, 0.15) is 12.4 Å². The smallest absolute Gasteiger partial charge is 0.410 e. The first-order valence-corrected chi connectivity index (χ1v) is 13.4. The number of rotatable bonds is 12. The van der Waals surface area contributed by atoms with Crippen LogP contribution in [0.5, 0.6) is 0 Å². The lowest BCUT2D eigenvalue weighted by Gasteiger charge is -2.28. The first-order valence-electron chi connectivity index (χ1n) is 13.4. The number of methoxy groups -OCH3 is 1. The Kier molecular flexibility index (Phi) is 11.7. The Morgan fingerprint density at radius 3 is 2.83 bits per heavy atom. The highest BCUT2D eigenvalue weighted by atomic mass is 19.1. The molecule has 4 N–H and O–H groups in total. The average molecular weight is 559 g/mol. The minimum absolute atomic E-state index is 0.0563. The number of amidine groups is 1. The fraction of sp³-hybridized carbons (Fsp3) is 0.464. The van der Waals surface area contributed by atoms with Crippen molar-refractivity contribution in [1.82, 2.24) is 26.3 Å². The largest absolute Gasteiger partial charge is 0.447 e. The number of aliphatic hydroxyl groups excluding tert-OH is 1. The molecular formula is C28H39FN6O5. The van der Waals surface area contributed by atoms with E-state index in [1.54, 1.807) is 24.1 Å². The van der Waals surface area contributed by atoms with Crippen molar-refractivity contribution in [1.29, 1.82) is 0 Å². The third-order valence-corrected chi connectivity index (χ3v) is 6.43. The minimum atomic E-state index is -0.613. The number of aliphatic hydroxyl groups is 1. The lowest BCUT2D eigenvalue weighted by Crippen LogP contribution is -2.48. The van der Waals surface area contributed by atoms with Crippen LogP contribution in [0.15, 0.2) is 52.8 Å². The summed E-state index contributed by atoms with van der Waals surface area (Å²) < 4.78 is 24.9. The number of benzene rings is 1. The molecule has 1 atom stereocenters. The van der Waals surface area contributed by atoms with Crippen LogP contribution in [0.1, 0.15) is 55.1 Å². The molecule has 0 saturated heterocycles. The predicted molar refractivity (Wildman–Crippen MR) is 149 cm³/mol. The predicted octanol–water partition coefficient (Wildman–Crippen LogP) is 2.90. The molecule has 0 radical (unpaired) electrons. The Balaban J connectivity index is 1.68. The molecule has 11 nitrogen and oxygen atoms in total. The van der Waals surface area contributed by atoms with Crippen molar-refractivity contribution in [2.45, 2.75) is 52.6 Å². The van der Waals surface area contributed by atoms with E-state index in [2.05, 4.69) is 28.4 Å². The summed E-state index contributed by atoms with van der Waals surface area (Å²) >= 11 is 0. The molecule has 0 bridgehead atoms. The third kappa shape index (κ3) is 8.13. The van der Waals surface area contributed by atoms with Gasteiger partial charge in [0.25, 0.3) is 5.91 Å². The van der Waals surface area contributed by atoms with Gasteiger partial charge in [-0.15, -0.1) is 10.6 Å². The van der Waals surface area contributed by atoms with Gasteiger partial charge in [-0.3, -0.25) is 9.80 Å². The van der Waals surface area contributed by atoms with Gasteiger partial charge in [0.05, 0.1) is 24.8 Å². The van der Waals surface area contributed by atoms with Crippen molar-refractivity contribution in [3.8, 4) is 0 Å². The van der Waals surface area contributed by atoms with Crippen LogP contribution in [-0.4, -0.2) is 72.4 Å². The second-order valence-corrected chi connectivity index (χ2v) is 9.55. The molecule has 3 rings (SSSR count). The summed E-state index contributed by atoms with van der Waals surface area (Å²) in [4.78, 5) is 26.8. The van der Waals surface area contributed by atoms with Crippen molar-refractivity contribution >= 4 is 17.8 Å². The summed E-state index contributed by atoms with van der Waals surface area (Å²) in [5, 5.41) is 18.3. The molecule has 218 valence electrons. The number of nitrogens with zero attached hydrogens (tertiary/aromatic N) is 3. The van der Waals surface area contributed by atoms with Gasteiger partial charge >= 0.3 is 6.09 Å². The molecule has 2 heterocycles. The van der Waals surface area contributed by atoms with Crippen LogP contribution in [0.4, 0.5) is 9.18 Å². The first-order chi connectivity index (χ1) is 19.3. The van der Waals surface area contributed by atoms with E-state index in [1.165, 1.54) is 24.1 Å². The maximum Gasteiger partial charge on any atom is 0.410 e. The fourth-order valence-corrected chi connectivity index (χ4v) is 4.17. The van der Waals surface area contributed by atoms with E-state index in [1.807, 2.05) is 19.1 Å². The Bertz CT molecular complexity index is 1180. The van der Waals surface area contributed by atoms with Crippen LogP contribution in [0, 0.1) is 5.82 Å². The van der Waals surface area contributed by atoms with Crippen LogP contribution in [0.25, 0.3) is 0 Å². The van der Waals surface area contributed by atoms with Crippen molar-refractivity contribution in [3.05, 3.63) is 70.2 Å². The molecule has 2 aliphatic rings. The number of amides is 2. The molecule has 1 aromatic carbocycles. The highest BCUT2D eigenvalue weighted by Gasteiger charge is 2.25. The van der Waals surface area contributed by atoms with Gasteiger partial charge in [-0.05, 0) is 56.0 Å². The number of unbranched alkanes of at least 4 members (excludes halogenated alkanes) is 1. The molecule has 0 fully saturated rings. The summed E-state index contributed by atoms with van der Waals surface area (Å²) in [6.45, 7) is 6.67. The van der Waals surface area contributed by atoms with Crippen molar-refractivity contribution < 1.29 is 28.6 Å². The number of hydrazine groups is 2. The quantitative estimate of drug-likeness (QED) is 0.228. The monoisotopic (exact) mass is 558 g/mol. The summed E-state index contributed by atoms with van der Waals surface area (Å²) in [5.41, 5.74) is 8.35. The Morgan fingerprint density at radius 2 is 2.10 bits per heavy atom. The van der Waals surface area contributed by atoms with Gasteiger partial charge in [-0.1, -0.05) is 31.6 Å². The molecule has 2 aliphatic heterocycles. The molecule has 0 spiro atoms. The van der Waals surface area contributed by atoms with Gasteiger partial charge in [-0.2, -0.15) is 0 Å². The minimum Gasteiger partial charge on any atom is -0.447 e. The highest BCUT2D eigenvalue weighted by Crippen LogP contribution is 2.23. The van der Waals surface area contributed by atoms with Crippen molar-refractivity contribution in [2.24, 2.45) is 5.10 Å². The average Bonchev–Trinajstić information content (AvgIpc) is 3.43. The van der Waals surface area contributed by atoms with E-state index in [4.69, 9.17) is 9.47 Å². The van der Waals surface area contributed by atoms with Gasteiger partial charge in [0, 0.05) is 31.5 Å². The topological polar surface area (TPSA) is 128 Å². The normalized spacial score (nSPS) is 16.5. The molecule has 12 heteroatoms. The van der Waals surface area contributed by atoms with Crippen LogP contribution in [-0.2, 0) is 22.4 Å². The van der Waals surface area contributed by atoms with Gasteiger partial charge in [0.2, 0.25) is 0 Å². The highest BCUT2D eigenvalue weighted by molar-refractivity contribution is 6.01. The standard InChI is InChI=1S/C28H39FN6O5/c1-5-6-9-21(26-31-32-33-35(26)20(3)18-36)10-7-8-19(2)30-27(37)24-15-23-17-34(28(38)40-14-13-39-4)12-11-22(23)16-25(24)29/h7-10,15-16,20,32-33,36H,5-6,11-14,17-18H2,1-4H3,(H,30,37)/b10-7-,19-8+,21-9-. The lowest BCUT2D eigenvalue weighted by molar-refractivity contribution is 0.0688. The fourth-order valence-electron chi connectivity index (χ4n) is 4.17. The molecule has 0 aromatic heterocycles. The lowest BCUT2D eigenvalue weighted by atomic mass is 9.96. The number of halogens is 1. The van der Waals surface area contributed by atoms with E-state index in [-0.39, 0.29) is 31.4 Å². The summed E-state index contributed by atoms with van der Waals surface area (Å²) in [6, 6.07) is 2.66. The second-order valence-electron chi connectivity index (χ2n) is 9.55. The van der Waals surface area contributed by atoms with E-state index >= 15 is 0 Å². The maximum absolute atomic E-state index is 14.9. The number of ether oxygens (including phenoxy) is 2. The summed E-state index contributed by atoms with van der Waals surface area (Å²) in [5.74, 6) is -0.563. The Labute approximate surface area is 234 Å². The van der Waals surface area contributed by atoms with E-state index in [9.17, 15) is 19.1 Å². The number of hydrogen-bond donors (Lipinski definition) is 4. The van der Waals surface area contributed by atoms with E-state index < -0.39 is 17.8 Å². The van der Waals surface area contributed by atoms with Gasteiger partial charge < -0.3 is 24.8 Å². The molecule has 1 aromatic rings. The number of hydrazone groups is 1. The number of allylic oxidation sites excluding steroid dienone is 4. The number of carbonyl (C=O) groups is 2. The van der Waals surface area contributed by atoms with Crippen molar-refractivity contribution in [2.75, 3.05) is 33.5 Å². The number of fused-ring (bicyclic) bond motifs is 1. The number of carbonyl (C=O) groups excluding carboxylic acids is 2. The molecule has 0 saturated carbocycles. The Hall–Kier alpha value is -3.74. The number of hydrogen-bond acceptors (Lipinski definition) is 9. The van der Waals surface area contributed by atoms with E-state index in [0.29, 0.717) is 36.7 Å². The van der Waals surface area contributed by atoms with Crippen LogP contribution >= 0.6 is 0 Å². The summed E-state index contributed by atoms with van der Waals surface area (Å²) in [6.07, 6.45) is 9.16. The van der Waals surface area contributed by atoms with Crippen molar-refractivity contribution in [3.63, 3.8) is 0 Å². The zero-order chi connectivity index (χ0) is 29.1. The second kappa shape index (κ2) is 15.2. The zero-order valence-corrected chi connectivity index (χ0v) is 23.5. The van der Waals surface area contributed by atoms with Crippen LogP contribution in [0.3, 0.4) is 0 Å². The number of nitrogens with one attached hydrogen (secondary N) is 3. The molecule has 2 amide bonds. The third-order valence-electron chi connectivity index (χ3n) is 6.43. The molecular weight excluding hydrogens is 519 g/mol. The SMILES string of the molecule is CCC/C=C(/C=C\C=C(/C)NC(=O)c1cc2c(cc1F)CCN(C(=O)OCCOC)C2)C1=NNNN1C(C)CO. The Morgan fingerprint density at radius 1 is 1.30 bits per heavy atom. The van der Waals surface area contributed by atoms with Crippen LogP contribution < -0.4 is 16.4 Å². The van der Waals surface area contributed by atoms with Gasteiger partial charge in [-0.25, -0.2) is 14.7 Å². The summed E-state index contributed by atoms with van der Waals surface area (Å²) in [7, 11) is 1.52.